The zero-order valence-corrected chi connectivity index (χ0v) is 14.5. The van der Waals surface area contributed by atoms with Crippen LogP contribution in [-0.4, -0.2) is 47.8 Å². The molecule has 0 aromatic heterocycles. The number of alkyl halides is 3. The molecule has 2 aliphatic rings. The highest BCUT2D eigenvalue weighted by Gasteiger charge is 2.42. The summed E-state index contributed by atoms with van der Waals surface area (Å²) in [7, 11) is 1.60. The van der Waals surface area contributed by atoms with Gasteiger partial charge in [0.2, 0.25) is 11.8 Å². The third-order valence-electron chi connectivity index (χ3n) is 5.29. The fourth-order valence-electron chi connectivity index (χ4n) is 3.84. The van der Waals surface area contributed by atoms with Crippen molar-refractivity contribution < 1.29 is 22.8 Å². The predicted octanol–water partition coefficient (Wildman–Crippen LogP) is 2.17. The van der Waals surface area contributed by atoms with Crippen LogP contribution in [0.4, 0.5) is 13.2 Å². The number of nitrogens with zero attached hydrogens (tertiary/aromatic N) is 2. The first-order valence-corrected chi connectivity index (χ1v) is 8.65. The highest BCUT2D eigenvalue weighted by Crippen LogP contribution is 2.38. The molecule has 0 saturated carbocycles. The summed E-state index contributed by atoms with van der Waals surface area (Å²) in [6, 6.07) is 4.09. The lowest BCUT2D eigenvalue weighted by atomic mass is 9.83. The molecule has 2 fully saturated rings. The van der Waals surface area contributed by atoms with Crippen molar-refractivity contribution in [2.75, 3.05) is 20.1 Å². The molecular formula is C18H22F3N3O2. The Bertz CT molecular complexity index is 690. The fraction of sp³-hybridized carbons (Fsp3) is 0.556. The van der Waals surface area contributed by atoms with Crippen molar-refractivity contribution in [3.63, 3.8) is 0 Å². The molecule has 2 heterocycles. The van der Waals surface area contributed by atoms with Crippen molar-refractivity contribution in [2.45, 2.75) is 37.5 Å². The van der Waals surface area contributed by atoms with Crippen LogP contribution in [0.2, 0.25) is 0 Å². The number of carbonyl (C=O) groups is 2. The first-order valence-electron chi connectivity index (χ1n) is 8.65. The fourth-order valence-corrected chi connectivity index (χ4v) is 3.84. The third-order valence-corrected chi connectivity index (χ3v) is 5.29. The summed E-state index contributed by atoms with van der Waals surface area (Å²) >= 11 is 0. The smallest absolute Gasteiger partial charge is 0.341 e. The Kier molecular flexibility index (Phi) is 4.96. The van der Waals surface area contributed by atoms with Gasteiger partial charge in [-0.1, -0.05) is 12.1 Å². The van der Waals surface area contributed by atoms with Crippen molar-refractivity contribution in [3.05, 3.63) is 35.4 Å². The highest BCUT2D eigenvalue weighted by molar-refractivity contribution is 5.85. The third kappa shape index (κ3) is 3.56. The van der Waals surface area contributed by atoms with Crippen LogP contribution in [0.3, 0.4) is 0 Å². The second-order valence-corrected chi connectivity index (χ2v) is 7.05. The molecule has 1 aromatic rings. The molecule has 0 unspecified atom stereocenters. The molecule has 2 N–H and O–H groups in total. The molecule has 2 amide bonds. The van der Waals surface area contributed by atoms with Gasteiger partial charge in [0.15, 0.2) is 0 Å². The Morgan fingerprint density at radius 2 is 1.85 bits per heavy atom. The van der Waals surface area contributed by atoms with E-state index in [2.05, 4.69) is 0 Å². The molecule has 142 valence electrons. The molecule has 2 aliphatic heterocycles. The lowest BCUT2D eigenvalue weighted by Gasteiger charge is -2.40. The van der Waals surface area contributed by atoms with Crippen molar-refractivity contribution in [1.29, 1.82) is 0 Å². The van der Waals surface area contributed by atoms with Gasteiger partial charge in [0.25, 0.3) is 0 Å². The van der Waals surface area contributed by atoms with Crippen LogP contribution in [0.5, 0.6) is 0 Å². The van der Waals surface area contributed by atoms with Gasteiger partial charge in [0.1, 0.15) is 0 Å². The number of amides is 2. The van der Waals surface area contributed by atoms with E-state index in [0.29, 0.717) is 25.1 Å². The van der Waals surface area contributed by atoms with E-state index >= 15 is 0 Å². The molecule has 1 aromatic carbocycles. The van der Waals surface area contributed by atoms with E-state index in [1.165, 1.54) is 17.0 Å². The lowest BCUT2D eigenvalue weighted by Crippen LogP contribution is -2.47. The van der Waals surface area contributed by atoms with Crippen LogP contribution >= 0.6 is 0 Å². The monoisotopic (exact) mass is 369 g/mol. The van der Waals surface area contributed by atoms with E-state index in [1.54, 1.807) is 11.9 Å². The van der Waals surface area contributed by atoms with Crippen molar-refractivity contribution >= 4 is 11.8 Å². The summed E-state index contributed by atoms with van der Waals surface area (Å²) in [5, 5.41) is 0. The minimum atomic E-state index is -4.42. The maximum atomic E-state index is 13.0. The van der Waals surface area contributed by atoms with Crippen LogP contribution < -0.4 is 5.73 Å². The van der Waals surface area contributed by atoms with Gasteiger partial charge in [-0.2, -0.15) is 13.2 Å². The average Bonchev–Trinajstić information content (AvgIpc) is 3.02. The molecule has 0 radical (unpaired) electrons. The predicted molar refractivity (Wildman–Crippen MR) is 88.9 cm³/mol. The lowest BCUT2D eigenvalue weighted by molar-refractivity contribution is -0.146. The van der Waals surface area contributed by atoms with E-state index < -0.39 is 23.7 Å². The van der Waals surface area contributed by atoms with Gasteiger partial charge in [-0.25, -0.2) is 0 Å². The zero-order valence-electron chi connectivity index (χ0n) is 14.5. The Balaban J connectivity index is 1.88. The minimum absolute atomic E-state index is 0.0496. The van der Waals surface area contributed by atoms with E-state index in [-0.39, 0.29) is 24.3 Å². The molecule has 3 atom stereocenters. The van der Waals surface area contributed by atoms with Gasteiger partial charge in [-0.3, -0.25) is 9.59 Å². The summed E-state index contributed by atoms with van der Waals surface area (Å²) in [6.07, 6.45) is -3.05. The van der Waals surface area contributed by atoms with Gasteiger partial charge in [-0.15, -0.1) is 0 Å². The van der Waals surface area contributed by atoms with Gasteiger partial charge >= 0.3 is 6.18 Å². The molecule has 5 nitrogen and oxygen atoms in total. The van der Waals surface area contributed by atoms with Gasteiger partial charge in [0, 0.05) is 32.6 Å². The van der Waals surface area contributed by atoms with Gasteiger partial charge in [-0.05, 0) is 30.5 Å². The van der Waals surface area contributed by atoms with Gasteiger partial charge in [0.05, 0.1) is 17.5 Å². The average molecular weight is 369 g/mol. The molecule has 2 saturated heterocycles. The second kappa shape index (κ2) is 6.90. The number of piperidine rings is 1. The summed E-state index contributed by atoms with van der Waals surface area (Å²) in [5.41, 5.74) is 5.67. The van der Waals surface area contributed by atoms with E-state index in [0.717, 1.165) is 18.6 Å². The Labute approximate surface area is 149 Å². The molecule has 0 bridgehead atoms. The number of hydrogen-bond donors (Lipinski definition) is 1. The van der Waals surface area contributed by atoms with Crippen LogP contribution in [0.25, 0.3) is 0 Å². The maximum Gasteiger partial charge on any atom is 0.416 e. The number of likely N-dealkylation sites (tertiary alicyclic amines) is 2. The van der Waals surface area contributed by atoms with Gasteiger partial charge < -0.3 is 15.5 Å². The molecule has 0 spiro atoms. The van der Waals surface area contributed by atoms with Crippen LogP contribution in [0.15, 0.2) is 24.3 Å². The number of rotatable bonds is 2. The van der Waals surface area contributed by atoms with Crippen molar-refractivity contribution in [1.82, 2.24) is 9.80 Å². The van der Waals surface area contributed by atoms with E-state index in [9.17, 15) is 22.8 Å². The molecule has 26 heavy (non-hydrogen) atoms. The van der Waals surface area contributed by atoms with Crippen LogP contribution in [0.1, 0.15) is 36.4 Å². The Hall–Kier alpha value is -2.09. The minimum Gasteiger partial charge on any atom is -0.341 e. The molecule has 3 rings (SSSR count). The van der Waals surface area contributed by atoms with E-state index in [4.69, 9.17) is 5.73 Å². The summed E-state index contributed by atoms with van der Waals surface area (Å²) in [6.45, 7) is 1.06. The van der Waals surface area contributed by atoms with Crippen molar-refractivity contribution in [3.8, 4) is 0 Å². The number of nitrogens with two attached hydrogens (primary N) is 1. The first kappa shape index (κ1) is 18.7. The summed E-state index contributed by atoms with van der Waals surface area (Å²) in [4.78, 5) is 28.3. The number of halogens is 3. The SMILES string of the molecule is CN1C(=O)CC[C@H](C(=O)N2CC[C@H](N)C2)[C@H]1c1ccc(C(F)(F)F)cc1. The topological polar surface area (TPSA) is 66.6 Å². The standard InChI is InChI=1S/C18H22F3N3O2/c1-23-15(25)7-6-14(17(26)24-9-8-13(22)10-24)16(23)11-2-4-12(5-3-11)18(19,20)21/h2-5,13-14,16H,6-10,22H2,1H3/t13-,14-,16+/m0/s1. The number of carbonyl (C=O) groups excluding carboxylic acids is 2. The van der Waals surface area contributed by atoms with E-state index in [1.807, 2.05) is 0 Å². The first-order chi connectivity index (χ1) is 12.2. The molecule has 0 aliphatic carbocycles. The number of hydrogen-bond acceptors (Lipinski definition) is 3. The van der Waals surface area contributed by atoms with Crippen LogP contribution in [0, 0.1) is 5.92 Å². The van der Waals surface area contributed by atoms with Crippen molar-refractivity contribution in [2.24, 2.45) is 11.7 Å². The molecule has 8 heteroatoms. The Morgan fingerprint density at radius 1 is 1.19 bits per heavy atom. The normalized spacial score (nSPS) is 27.1. The zero-order chi connectivity index (χ0) is 19.1. The largest absolute Gasteiger partial charge is 0.416 e. The maximum absolute atomic E-state index is 13.0. The Morgan fingerprint density at radius 3 is 2.38 bits per heavy atom. The van der Waals surface area contributed by atoms with Crippen LogP contribution in [-0.2, 0) is 15.8 Å². The second-order valence-electron chi connectivity index (χ2n) is 7.05. The number of benzene rings is 1. The summed E-state index contributed by atoms with van der Waals surface area (Å²) < 4.78 is 38.4. The highest BCUT2D eigenvalue weighted by atomic mass is 19.4. The summed E-state index contributed by atoms with van der Waals surface area (Å²) in [5.74, 6) is -0.668. The quantitative estimate of drug-likeness (QED) is 0.869. The molecular weight excluding hydrogens is 347 g/mol.